The fraction of sp³-hybridized carbons (Fsp3) is 0.290. The second kappa shape index (κ2) is 12.0. The largest absolute Gasteiger partial charge is 0.505 e. The zero-order chi connectivity index (χ0) is 29.0. The number of carbonyl (C=O) groups is 2. The van der Waals surface area contributed by atoms with Crippen LogP contribution in [0, 0.1) is 6.92 Å². The molecule has 4 rings (SSSR count). The summed E-state index contributed by atoms with van der Waals surface area (Å²) in [4.78, 5) is 28.6. The van der Waals surface area contributed by atoms with Crippen LogP contribution in [-0.2, 0) is 25.6 Å². The number of ether oxygens (including phenoxy) is 2. The highest BCUT2D eigenvalue weighted by molar-refractivity contribution is 6.17. The second-order valence-corrected chi connectivity index (χ2v) is 10.2. The van der Waals surface area contributed by atoms with Crippen LogP contribution in [0.1, 0.15) is 44.4 Å². The Morgan fingerprint density at radius 3 is 2.00 bits per heavy atom. The first-order valence-corrected chi connectivity index (χ1v) is 13.1. The van der Waals surface area contributed by atoms with Crippen LogP contribution in [0.2, 0.25) is 0 Å². The molecular formula is C31H34N4O5. The Hall–Kier alpha value is -4.66. The number of phenols is 1. The van der Waals surface area contributed by atoms with Gasteiger partial charge in [-0.3, -0.25) is 0 Å². The molecule has 0 spiro atoms. The van der Waals surface area contributed by atoms with Crippen molar-refractivity contribution < 1.29 is 24.2 Å². The van der Waals surface area contributed by atoms with Crippen LogP contribution in [-0.4, -0.2) is 51.3 Å². The highest BCUT2D eigenvalue weighted by atomic mass is 16.6. The molecule has 40 heavy (non-hydrogen) atoms. The van der Waals surface area contributed by atoms with Crippen molar-refractivity contribution in [3.63, 3.8) is 0 Å². The lowest BCUT2D eigenvalue weighted by Gasteiger charge is -2.21. The predicted octanol–water partition coefficient (Wildman–Crippen LogP) is 5.36. The number of carbonyl (C=O) groups excluding carboxylic acids is 2. The molecule has 4 aromatic rings. The highest BCUT2D eigenvalue weighted by Crippen LogP contribution is 2.30. The van der Waals surface area contributed by atoms with Gasteiger partial charge in [0.05, 0.1) is 12.2 Å². The van der Waals surface area contributed by atoms with E-state index in [9.17, 15) is 14.7 Å². The molecule has 1 heterocycles. The molecule has 0 amide bonds. The number of rotatable bonds is 9. The maximum atomic E-state index is 12.6. The molecule has 0 unspecified atom stereocenters. The number of hydrogen-bond acceptors (Lipinski definition) is 8. The van der Waals surface area contributed by atoms with Gasteiger partial charge in [-0.2, -0.15) is 0 Å². The molecule has 0 aliphatic rings. The van der Waals surface area contributed by atoms with E-state index in [-0.39, 0.29) is 23.5 Å². The van der Waals surface area contributed by atoms with Crippen LogP contribution in [0.4, 0.5) is 5.69 Å². The van der Waals surface area contributed by atoms with E-state index < -0.39 is 11.9 Å². The van der Waals surface area contributed by atoms with Crippen molar-refractivity contribution in [1.29, 1.82) is 0 Å². The Labute approximate surface area is 233 Å². The van der Waals surface area contributed by atoms with Crippen molar-refractivity contribution in [2.45, 2.75) is 53.4 Å². The summed E-state index contributed by atoms with van der Waals surface area (Å²) in [6, 6.07) is 18.7. The average Bonchev–Trinajstić information content (AvgIpc) is 3.32. The zero-order valence-electron chi connectivity index (χ0n) is 23.6. The van der Waals surface area contributed by atoms with E-state index in [1.54, 1.807) is 39.8 Å². The Bertz CT molecular complexity index is 1500. The van der Waals surface area contributed by atoms with Crippen molar-refractivity contribution >= 4 is 34.7 Å². The number of esters is 2. The Morgan fingerprint density at radius 2 is 1.48 bits per heavy atom. The SMILES string of the molecule is Cc1cc(CN(C)c2ccc(C=C(C(=O)OC(C)C)C(=O)OC(C)C)cc2)c(O)c(-n2nc3ccccc3n2)c1. The highest BCUT2D eigenvalue weighted by Gasteiger charge is 2.23. The monoisotopic (exact) mass is 542 g/mol. The van der Waals surface area contributed by atoms with Crippen LogP contribution in [0.25, 0.3) is 22.8 Å². The molecule has 1 aromatic heterocycles. The summed E-state index contributed by atoms with van der Waals surface area (Å²) in [5.41, 5.74) is 5.04. The van der Waals surface area contributed by atoms with Gasteiger partial charge in [-0.05, 0) is 82.2 Å². The Morgan fingerprint density at radius 1 is 0.925 bits per heavy atom. The van der Waals surface area contributed by atoms with Gasteiger partial charge in [0.1, 0.15) is 28.0 Å². The number of aryl methyl sites for hydroxylation is 1. The number of fused-ring (bicyclic) bond motifs is 1. The van der Waals surface area contributed by atoms with Crippen molar-refractivity contribution in [1.82, 2.24) is 15.0 Å². The third-order valence-corrected chi connectivity index (χ3v) is 5.99. The predicted molar refractivity (Wildman–Crippen MR) is 154 cm³/mol. The summed E-state index contributed by atoms with van der Waals surface area (Å²) in [5.74, 6) is -1.35. The smallest absolute Gasteiger partial charge is 0.345 e. The van der Waals surface area contributed by atoms with Gasteiger partial charge in [-0.15, -0.1) is 15.0 Å². The minimum atomic E-state index is -0.730. The van der Waals surface area contributed by atoms with E-state index >= 15 is 0 Å². The van der Waals surface area contributed by atoms with E-state index in [2.05, 4.69) is 10.2 Å². The maximum absolute atomic E-state index is 12.6. The van der Waals surface area contributed by atoms with E-state index in [1.165, 1.54) is 10.9 Å². The lowest BCUT2D eigenvalue weighted by Crippen LogP contribution is -2.23. The fourth-order valence-corrected chi connectivity index (χ4v) is 4.17. The van der Waals surface area contributed by atoms with Crippen LogP contribution in [0.3, 0.4) is 0 Å². The van der Waals surface area contributed by atoms with Crippen LogP contribution in [0.15, 0.2) is 66.2 Å². The number of benzene rings is 3. The van der Waals surface area contributed by atoms with Crippen LogP contribution >= 0.6 is 0 Å². The Kier molecular flexibility index (Phi) is 8.52. The van der Waals surface area contributed by atoms with Gasteiger partial charge in [0, 0.05) is 24.8 Å². The minimum Gasteiger partial charge on any atom is -0.505 e. The number of hydrogen-bond donors (Lipinski definition) is 1. The van der Waals surface area contributed by atoms with Crippen LogP contribution < -0.4 is 4.90 Å². The van der Waals surface area contributed by atoms with Gasteiger partial charge in [-0.25, -0.2) is 9.59 Å². The number of aromatic hydroxyl groups is 1. The standard InChI is InChI=1S/C31H34N4O5/c1-19(2)39-30(37)25(31(38)40-20(3)4)17-22-11-13-24(14-12-22)34(6)18-23-15-21(5)16-28(29(23)36)35-32-26-9-7-8-10-27(26)33-35/h7-17,19-20,36H,18H2,1-6H3. The van der Waals surface area contributed by atoms with Gasteiger partial charge >= 0.3 is 11.9 Å². The first-order valence-electron chi connectivity index (χ1n) is 13.1. The van der Waals surface area contributed by atoms with E-state index in [0.29, 0.717) is 17.8 Å². The summed E-state index contributed by atoms with van der Waals surface area (Å²) in [6.07, 6.45) is 0.722. The molecule has 0 radical (unpaired) electrons. The molecule has 9 heteroatoms. The molecule has 9 nitrogen and oxygen atoms in total. The molecule has 0 aliphatic heterocycles. The van der Waals surface area contributed by atoms with Gasteiger partial charge in [0.2, 0.25) is 0 Å². The van der Waals surface area contributed by atoms with Crippen molar-refractivity contribution in [3.8, 4) is 11.4 Å². The normalized spacial score (nSPS) is 11.1. The molecule has 0 bridgehead atoms. The molecular weight excluding hydrogens is 508 g/mol. The van der Waals surface area contributed by atoms with Crippen molar-refractivity contribution in [3.05, 3.63) is 82.9 Å². The Balaban J connectivity index is 1.56. The average molecular weight is 543 g/mol. The molecule has 0 saturated carbocycles. The third-order valence-electron chi connectivity index (χ3n) is 5.99. The topological polar surface area (TPSA) is 107 Å². The summed E-state index contributed by atoms with van der Waals surface area (Å²) < 4.78 is 10.5. The van der Waals surface area contributed by atoms with E-state index in [1.807, 2.05) is 67.4 Å². The first-order chi connectivity index (χ1) is 19.0. The van der Waals surface area contributed by atoms with Gasteiger partial charge in [-0.1, -0.05) is 30.3 Å². The summed E-state index contributed by atoms with van der Waals surface area (Å²) in [6.45, 7) is 9.26. The minimum absolute atomic E-state index is 0.106. The van der Waals surface area contributed by atoms with E-state index in [0.717, 1.165) is 27.8 Å². The summed E-state index contributed by atoms with van der Waals surface area (Å²) in [7, 11) is 1.91. The summed E-state index contributed by atoms with van der Waals surface area (Å²) in [5, 5.41) is 20.2. The summed E-state index contributed by atoms with van der Waals surface area (Å²) >= 11 is 0. The molecule has 3 aromatic carbocycles. The number of nitrogens with zero attached hydrogens (tertiary/aromatic N) is 4. The molecule has 0 atom stereocenters. The number of phenolic OH excluding ortho intramolecular Hbond substituents is 1. The van der Waals surface area contributed by atoms with Crippen LogP contribution in [0.5, 0.6) is 5.75 Å². The van der Waals surface area contributed by atoms with Crippen molar-refractivity contribution in [2.24, 2.45) is 0 Å². The molecule has 0 fully saturated rings. The lowest BCUT2D eigenvalue weighted by molar-refractivity contribution is -0.150. The van der Waals surface area contributed by atoms with Gasteiger partial charge in [0.25, 0.3) is 0 Å². The molecule has 1 N–H and O–H groups in total. The molecule has 0 saturated heterocycles. The first kappa shape index (κ1) is 28.4. The zero-order valence-corrected chi connectivity index (χ0v) is 23.6. The second-order valence-electron chi connectivity index (χ2n) is 10.2. The van der Waals surface area contributed by atoms with E-state index in [4.69, 9.17) is 9.47 Å². The number of anilines is 1. The molecule has 208 valence electrons. The maximum Gasteiger partial charge on any atom is 0.345 e. The third kappa shape index (κ3) is 6.66. The quantitative estimate of drug-likeness (QED) is 0.130. The van der Waals surface area contributed by atoms with Gasteiger partial charge in [0.15, 0.2) is 0 Å². The lowest BCUT2D eigenvalue weighted by atomic mass is 10.1. The number of aromatic nitrogens is 3. The molecule has 0 aliphatic carbocycles. The fourth-order valence-electron chi connectivity index (χ4n) is 4.17. The van der Waals surface area contributed by atoms with Gasteiger partial charge < -0.3 is 19.5 Å². The van der Waals surface area contributed by atoms with Crippen molar-refractivity contribution in [2.75, 3.05) is 11.9 Å².